The SMILES string of the molecule is C=C(C)OC(=O)CCCOc1cccc2c1NC(C)C=C2. The molecule has 0 bridgehead atoms. The fraction of sp³-hybridized carbons (Fsp3) is 0.353. The quantitative estimate of drug-likeness (QED) is 0.492. The molecular formula is C17H21NO3. The van der Waals surface area contributed by atoms with E-state index in [1.807, 2.05) is 18.2 Å². The smallest absolute Gasteiger partial charge is 0.310 e. The number of rotatable bonds is 6. The van der Waals surface area contributed by atoms with Crippen molar-refractivity contribution in [2.75, 3.05) is 11.9 Å². The van der Waals surface area contributed by atoms with Crippen LogP contribution in [0, 0.1) is 0 Å². The number of esters is 1. The second kappa shape index (κ2) is 6.97. The normalized spacial score (nSPS) is 15.8. The Morgan fingerprint density at radius 3 is 3.00 bits per heavy atom. The Kier molecular flexibility index (Phi) is 5.04. The number of carbonyl (C=O) groups is 1. The van der Waals surface area contributed by atoms with Gasteiger partial charge in [0.05, 0.1) is 18.1 Å². The minimum absolute atomic E-state index is 0.268. The van der Waals surface area contributed by atoms with E-state index in [1.54, 1.807) is 6.92 Å². The lowest BCUT2D eigenvalue weighted by molar-refractivity contribution is -0.139. The summed E-state index contributed by atoms with van der Waals surface area (Å²) in [5, 5.41) is 3.39. The first-order valence-electron chi connectivity index (χ1n) is 7.13. The van der Waals surface area contributed by atoms with Crippen molar-refractivity contribution in [2.45, 2.75) is 32.7 Å². The number of nitrogens with one attached hydrogen (secondary N) is 1. The second-order valence-electron chi connectivity index (χ2n) is 5.14. The zero-order valence-corrected chi connectivity index (χ0v) is 12.5. The number of hydrogen-bond donors (Lipinski definition) is 1. The summed E-state index contributed by atoms with van der Waals surface area (Å²) in [7, 11) is 0. The fourth-order valence-corrected chi connectivity index (χ4v) is 2.13. The second-order valence-corrected chi connectivity index (χ2v) is 5.14. The molecule has 1 aliphatic heterocycles. The Balaban J connectivity index is 1.86. The maximum absolute atomic E-state index is 11.4. The molecule has 0 spiro atoms. The van der Waals surface area contributed by atoms with Gasteiger partial charge in [-0.1, -0.05) is 30.9 Å². The van der Waals surface area contributed by atoms with Crippen molar-refractivity contribution < 1.29 is 14.3 Å². The van der Waals surface area contributed by atoms with E-state index in [1.165, 1.54) is 0 Å². The first-order valence-corrected chi connectivity index (χ1v) is 7.13. The first kappa shape index (κ1) is 15.2. The molecule has 0 aromatic heterocycles. The van der Waals surface area contributed by atoms with E-state index in [0.29, 0.717) is 25.2 Å². The number of ether oxygens (including phenoxy) is 2. The van der Waals surface area contributed by atoms with Gasteiger partial charge >= 0.3 is 5.97 Å². The highest BCUT2D eigenvalue weighted by Gasteiger charge is 2.13. The summed E-state index contributed by atoms with van der Waals surface area (Å²) in [6.07, 6.45) is 5.14. The Morgan fingerprint density at radius 1 is 1.43 bits per heavy atom. The van der Waals surface area contributed by atoms with Crippen LogP contribution in [0.15, 0.2) is 36.6 Å². The number of anilines is 1. The van der Waals surface area contributed by atoms with Gasteiger partial charge in [0.25, 0.3) is 0 Å². The van der Waals surface area contributed by atoms with Crippen LogP contribution in [0.1, 0.15) is 32.3 Å². The number of allylic oxidation sites excluding steroid dienone is 1. The van der Waals surface area contributed by atoms with Crippen LogP contribution in [0.2, 0.25) is 0 Å². The van der Waals surface area contributed by atoms with Gasteiger partial charge in [-0.25, -0.2) is 0 Å². The lowest BCUT2D eigenvalue weighted by atomic mass is 10.1. The van der Waals surface area contributed by atoms with Gasteiger partial charge in [-0.3, -0.25) is 4.79 Å². The third kappa shape index (κ3) is 4.38. The average Bonchev–Trinajstić information content (AvgIpc) is 2.43. The Bertz CT molecular complexity index is 563. The first-order chi connectivity index (χ1) is 10.1. The zero-order valence-electron chi connectivity index (χ0n) is 12.5. The van der Waals surface area contributed by atoms with Crippen LogP contribution in [0.25, 0.3) is 6.08 Å². The molecule has 0 aliphatic carbocycles. The molecule has 21 heavy (non-hydrogen) atoms. The molecule has 1 N–H and O–H groups in total. The molecule has 0 saturated heterocycles. The predicted octanol–water partition coefficient (Wildman–Crippen LogP) is 3.75. The van der Waals surface area contributed by atoms with E-state index in [4.69, 9.17) is 9.47 Å². The number of carbonyl (C=O) groups excluding carboxylic acids is 1. The highest BCUT2D eigenvalue weighted by Crippen LogP contribution is 2.32. The molecule has 0 saturated carbocycles. The highest BCUT2D eigenvalue weighted by atomic mass is 16.5. The standard InChI is InChI=1S/C17H21NO3/c1-12(2)21-16(19)8-5-11-20-15-7-4-6-14-10-9-13(3)18-17(14)15/h4,6-7,9-10,13,18H,1,5,8,11H2,2-3H3. The zero-order chi connectivity index (χ0) is 15.2. The van der Waals surface area contributed by atoms with Gasteiger partial charge in [0, 0.05) is 18.0 Å². The van der Waals surface area contributed by atoms with Crippen molar-refractivity contribution in [2.24, 2.45) is 0 Å². The van der Waals surface area contributed by atoms with Gasteiger partial charge in [-0.05, 0) is 26.3 Å². The summed E-state index contributed by atoms with van der Waals surface area (Å²) in [6, 6.07) is 6.23. The molecule has 0 amide bonds. The van der Waals surface area contributed by atoms with Gasteiger partial charge in [-0.15, -0.1) is 0 Å². The minimum Gasteiger partial charge on any atom is -0.491 e. The predicted molar refractivity (Wildman–Crippen MR) is 84.2 cm³/mol. The van der Waals surface area contributed by atoms with E-state index in [9.17, 15) is 4.79 Å². The van der Waals surface area contributed by atoms with Gasteiger partial charge in [0.15, 0.2) is 0 Å². The Morgan fingerprint density at radius 2 is 2.24 bits per heavy atom. The number of benzene rings is 1. The monoisotopic (exact) mass is 287 g/mol. The van der Waals surface area contributed by atoms with Crippen LogP contribution in [-0.2, 0) is 9.53 Å². The Hall–Kier alpha value is -2.23. The van der Waals surface area contributed by atoms with Crippen LogP contribution in [0.5, 0.6) is 5.75 Å². The van der Waals surface area contributed by atoms with Crippen molar-refractivity contribution in [3.8, 4) is 5.75 Å². The lowest BCUT2D eigenvalue weighted by Crippen LogP contribution is -2.17. The van der Waals surface area contributed by atoms with Crippen LogP contribution in [-0.4, -0.2) is 18.6 Å². The average molecular weight is 287 g/mol. The molecule has 1 aliphatic rings. The van der Waals surface area contributed by atoms with Crippen LogP contribution in [0.4, 0.5) is 5.69 Å². The van der Waals surface area contributed by atoms with Crippen molar-refractivity contribution in [3.05, 3.63) is 42.2 Å². The molecule has 1 heterocycles. The minimum atomic E-state index is -0.268. The molecule has 1 aromatic carbocycles. The third-order valence-corrected chi connectivity index (χ3v) is 3.07. The van der Waals surface area contributed by atoms with Crippen molar-refractivity contribution >= 4 is 17.7 Å². The summed E-state index contributed by atoms with van der Waals surface area (Å²) < 4.78 is 10.7. The van der Waals surface area contributed by atoms with Gasteiger partial charge in [-0.2, -0.15) is 0 Å². The van der Waals surface area contributed by atoms with E-state index < -0.39 is 0 Å². The van der Waals surface area contributed by atoms with Gasteiger partial charge in [0.2, 0.25) is 0 Å². The summed E-state index contributed by atoms with van der Waals surface area (Å²) in [5.74, 6) is 0.968. The molecule has 4 nitrogen and oxygen atoms in total. The molecular weight excluding hydrogens is 266 g/mol. The van der Waals surface area contributed by atoms with Crippen LogP contribution in [0.3, 0.4) is 0 Å². The number of fused-ring (bicyclic) bond motifs is 1. The molecule has 1 unspecified atom stereocenters. The lowest BCUT2D eigenvalue weighted by Gasteiger charge is -2.22. The molecule has 4 heteroatoms. The number of hydrogen-bond acceptors (Lipinski definition) is 4. The highest BCUT2D eigenvalue weighted by molar-refractivity contribution is 5.76. The summed E-state index contributed by atoms with van der Waals surface area (Å²) >= 11 is 0. The third-order valence-electron chi connectivity index (χ3n) is 3.07. The van der Waals surface area contributed by atoms with Gasteiger partial charge in [0.1, 0.15) is 5.75 Å². The molecule has 0 fully saturated rings. The molecule has 112 valence electrons. The molecule has 1 atom stereocenters. The largest absolute Gasteiger partial charge is 0.491 e. The van der Waals surface area contributed by atoms with E-state index in [0.717, 1.165) is 17.0 Å². The van der Waals surface area contributed by atoms with Gasteiger partial charge < -0.3 is 14.8 Å². The fourth-order valence-electron chi connectivity index (χ4n) is 2.13. The maximum Gasteiger partial charge on any atom is 0.310 e. The van der Waals surface area contributed by atoms with Crippen LogP contribution < -0.4 is 10.1 Å². The van der Waals surface area contributed by atoms with Crippen molar-refractivity contribution in [3.63, 3.8) is 0 Å². The summed E-state index contributed by atoms with van der Waals surface area (Å²) in [5.41, 5.74) is 2.13. The summed E-state index contributed by atoms with van der Waals surface area (Å²) in [6.45, 7) is 7.76. The van der Waals surface area contributed by atoms with E-state index >= 15 is 0 Å². The molecule has 2 rings (SSSR count). The van der Waals surface area contributed by atoms with E-state index in [2.05, 4.69) is 31.0 Å². The maximum atomic E-state index is 11.4. The van der Waals surface area contributed by atoms with Crippen molar-refractivity contribution in [1.29, 1.82) is 0 Å². The summed E-state index contributed by atoms with van der Waals surface area (Å²) in [4.78, 5) is 11.4. The Labute approximate surface area is 125 Å². The molecule has 1 aromatic rings. The molecule has 0 radical (unpaired) electrons. The number of para-hydroxylation sites is 1. The van der Waals surface area contributed by atoms with Crippen molar-refractivity contribution in [1.82, 2.24) is 0 Å². The van der Waals surface area contributed by atoms with Crippen LogP contribution >= 0.6 is 0 Å². The van der Waals surface area contributed by atoms with E-state index in [-0.39, 0.29) is 12.0 Å². The topological polar surface area (TPSA) is 47.6 Å².